The van der Waals surface area contributed by atoms with Crippen LogP contribution in [0, 0.1) is 0 Å². The molecular weight excluding hydrogens is 258 g/mol. The molecule has 0 spiro atoms. The van der Waals surface area contributed by atoms with Crippen LogP contribution in [-0.4, -0.2) is 23.0 Å². The van der Waals surface area contributed by atoms with E-state index in [2.05, 4.69) is 54.9 Å². The zero-order valence-electron chi connectivity index (χ0n) is 13.2. The minimum atomic E-state index is 0.0940. The first kappa shape index (κ1) is 15.5. The van der Waals surface area contributed by atoms with Gasteiger partial charge in [-0.05, 0) is 41.9 Å². The second-order valence-corrected chi connectivity index (χ2v) is 6.16. The maximum absolute atomic E-state index is 5.78. The molecule has 1 heterocycles. The van der Waals surface area contributed by atoms with E-state index in [0.29, 0.717) is 0 Å². The molecule has 3 nitrogen and oxygen atoms in total. The van der Waals surface area contributed by atoms with Gasteiger partial charge in [-0.15, -0.1) is 0 Å². The fourth-order valence-corrected chi connectivity index (χ4v) is 2.61. The molecule has 21 heavy (non-hydrogen) atoms. The Hall–Kier alpha value is -1.87. The van der Waals surface area contributed by atoms with Crippen LogP contribution in [0.4, 0.5) is 5.69 Å². The van der Waals surface area contributed by atoms with Crippen molar-refractivity contribution >= 4 is 5.69 Å². The van der Waals surface area contributed by atoms with Crippen molar-refractivity contribution in [3.8, 4) is 0 Å². The van der Waals surface area contributed by atoms with Gasteiger partial charge in [-0.1, -0.05) is 32.9 Å². The highest BCUT2D eigenvalue weighted by Crippen LogP contribution is 2.25. The lowest BCUT2D eigenvalue weighted by molar-refractivity contribution is 0.226. The highest BCUT2D eigenvalue weighted by atomic mass is 15.1. The van der Waals surface area contributed by atoms with E-state index in [1.54, 1.807) is 0 Å². The van der Waals surface area contributed by atoms with Crippen molar-refractivity contribution in [2.45, 2.75) is 32.7 Å². The molecular formula is C18H25N3. The van der Waals surface area contributed by atoms with Gasteiger partial charge in [-0.2, -0.15) is 0 Å². The van der Waals surface area contributed by atoms with Gasteiger partial charge in [0.25, 0.3) is 0 Å². The second-order valence-electron chi connectivity index (χ2n) is 6.16. The van der Waals surface area contributed by atoms with Gasteiger partial charge in [0.05, 0.1) is 0 Å². The van der Waals surface area contributed by atoms with E-state index >= 15 is 0 Å². The fraction of sp³-hybridized carbons (Fsp3) is 0.389. The average molecular weight is 283 g/mol. The van der Waals surface area contributed by atoms with E-state index in [0.717, 1.165) is 25.3 Å². The van der Waals surface area contributed by atoms with Crippen LogP contribution < -0.4 is 5.73 Å². The number of nitrogens with zero attached hydrogens (tertiary/aromatic N) is 2. The minimum Gasteiger partial charge on any atom is -0.399 e. The molecule has 0 amide bonds. The van der Waals surface area contributed by atoms with Crippen LogP contribution in [0.15, 0.2) is 48.8 Å². The summed E-state index contributed by atoms with van der Waals surface area (Å²) < 4.78 is 0. The predicted molar refractivity (Wildman–Crippen MR) is 89.1 cm³/mol. The van der Waals surface area contributed by atoms with Crippen LogP contribution in [0.2, 0.25) is 0 Å². The first-order chi connectivity index (χ1) is 10.0. The number of benzene rings is 1. The van der Waals surface area contributed by atoms with E-state index in [4.69, 9.17) is 5.73 Å². The lowest BCUT2D eigenvalue weighted by atomic mass is 9.84. The molecule has 0 aliphatic carbocycles. The van der Waals surface area contributed by atoms with Crippen molar-refractivity contribution in [2.75, 3.05) is 18.8 Å². The first-order valence-electron chi connectivity index (χ1n) is 7.48. The molecule has 2 N–H and O–H groups in total. The van der Waals surface area contributed by atoms with Gasteiger partial charge < -0.3 is 5.73 Å². The standard InChI is InChI=1S/C18H25N3/c1-4-21(13-15-9-11-20-12-10-15)14-18(2,3)16-5-7-17(19)8-6-16/h5-12H,4,13-14,19H2,1-3H3. The quantitative estimate of drug-likeness (QED) is 0.825. The fourth-order valence-electron chi connectivity index (χ4n) is 2.61. The lowest BCUT2D eigenvalue weighted by Crippen LogP contribution is -2.36. The number of nitrogen functional groups attached to an aromatic ring is 1. The average Bonchev–Trinajstić information content (AvgIpc) is 2.48. The summed E-state index contributed by atoms with van der Waals surface area (Å²) in [4.78, 5) is 6.54. The normalized spacial score (nSPS) is 11.8. The summed E-state index contributed by atoms with van der Waals surface area (Å²) in [6.45, 7) is 9.77. The van der Waals surface area contributed by atoms with Gasteiger partial charge in [0, 0.05) is 36.6 Å². The van der Waals surface area contributed by atoms with Gasteiger partial charge in [0.1, 0.15) is 0 Å². The largest absolute Gasteiger partial charge is 0.399 e. The van der Waals surface area contributed by atoms with Crippen molar-refractivity contribution < 1.29 is 0 Å². The maximum atomic E-state index is 5.78. The van der Waals surface area contributed by atoms with Crippen molar-refractivity contribution in [1.29, 1.82) is 0 Å². The number of anilines is 1. The molecule has 0 unspecified atom stereocenters. The second kappa shape index (κ2) is 6.72. The number of likely N-dealkylation sites (N-methyl/N-ethyl adjacent to an activating group) is 1. The summed E-state index contributed by atoms with van der Waals surface area (Å²) in [6, 6.07) is 12.4. The number of hydrogen-bond acceptors (Lipinski definition) is 3. The summed E-state index contributed by atoms with van der Waals surface area (Å²) >= 11 is 0. The summed E-state index contributed by atoms with van der Waals surface area (Å²) in [5, 5.41) is 0. The molecule has 3 heteroatoms. The summed E-state index contributed by atoms with van der Waals surface area (Å²) in [6.07, 6.45) is 3.71. The van der Waals surface area contributed by atoms with Crippen LogP contribution >= 0.6 is 0 Å². The van der Waals surface area contributed by atoms with Crippen molar-refractivity contribution in [1.82, 2.24) is 9.88 Å². The molecule has 1 aromatic carbocycles. The molecule has 2 aromatic rings. The smallest absolute Gasteiger partial charge is 0.0314 e. The Labute approximate surface area is 127 Å². The Morgan fingerprint density at radius 2 is 1.67 bits per heavy atom. The Kier molecular flexibility index (Phi) is 4.97. The molecule has 112 valence electrons. The Morgan fingerprint density at radius 3 is 2.24 bits per heavy atom. The lowest BCUT2D eigenvalue weighted by Gasteiger charge is -2.32. The van der Waals surface area contributed by atoms with E-state index in [1.807, 2.05) is 24.5 Å². The number of rotatable bonds is 6. The van der Waals surface area contributed by atoms with E-state index in [9.17, 15) is 0 Å². The maximum Gasteiger partial charge on any atom is 0.0314 e. The van der Waals surface area contributed by atoms with Gasteiger partial charge in [-0.25, -0.2) is 0 Å². The molecule has 0 aliphatic heterocycles. The molecule has 0 aliphatic rings. The van der Waals surface area contributed by atoms with Crippen LogP contribution in [0.5, 0.6) is 0 Å². The third-order valence-corrected chi connectivity index (χ3v) is 3.91. The van der Waals surface area contributed by atoms with Gasteiger partial charge in [-0.3, -0.25) is 9.88 Å². The van der Waals surface area contributed by atoms with Crippen molar-refractivity contribution in [3.63, 3.8) is 0 Å². The zero-order chi connectivity index (χ0) is 15.3. The van der Waals surface area contributed by atoms with Crippen LogP contribution in [0.3, 0.4) is 0 Å². The van der Waals surface area contributed by atoms with Gasteiger partial charge in [0.2, 0.25) is 0 Å². The highest BCUT2D eigenvalue weighted by Gasteiger charge is 2.23. The van der Waals surface area contributed by atoms with Crippen LogP contribution in [-0.2, 0) is 12.0 Å². The Morgan fingerprint density at radius 1 is 1.05 bits per heavy atom. The predicted octanol–water partition coefficient (Wildman–Crippen LogP) is 3.46. The summed E-state index contributed by atoms with van der Waals surface area (Å²) in [5.41, 5.74) is 9.32. The Balaban J connectivity index is 2.07. The SMILES string of the molecule is CCN(Cc1ccncc1)CC(C)(C)c1ccc(N)cc1. The molecule has 0 radical (unpaired) electrons. The zero-order valence-corrected chi connectivity index (χ0v) is 13.2. The number of nitrogens with two attached hydrogens (primary N) is 1. The Bertz CT molecular complexity index is 546. The minimum absolute atomic E-state index is 0.0940. The molecule has 0 fully saturated rings. The molecule has 0 saturated heterocycles. The van der Waals surface area contributed by atoms with E-state index in [1.165, 1.54) is 11.1 Å². The third kappa shape index (κ3) is 4.30. The van der Waals surface area contributed by atoms with Crippen LogP contribution in [0.1, 0.15) is 31.9 Å². The molecule has 1 aromatic heterocycles. The molecule has 0 atom stereocenters. The molecule has 0 saturated carbocycles. The third-order valence-electron chi connectivity index (χ3n) is 3.91. The monoisotopic (exact) mass is 283 g/mol. The summed E-state index contributed by atoms with van der Waals surface area (Å²) in [5.74, 6) is 0. The topological polar surface area (TPSA) is 42.2 Å². The summed E-state index contributed by atoms with van der Waals surface area (Å²) in [7, 11) is 0. The van der Waals surface area contributed by atoms with E-state index < -0.39 is 0 Å². The van der Waals surface area contributed by atoms with E-state index in [-0.39, 0.29) is 5.41 Å². The highest BCUT2D eigenvalue weighted by molar-refractivity contribution is 5.41. The first-order valence-corrected chi connectivity index (χ1v) is 7.48. The molecule has 0 bridgehead atoms. The van der Waals surface area contributed by atoms with Crippen LogP contribution in [0.25, 0.3) is 0 Å². The van der Waals surface area contributed by atoms with Gasteiger partial charge >= 0.3 is 0 Å². The molecule has 2 rings (SSSR count). The van der Waals surface area contributed by atoms with Crippen molar-refractivity contribution in [2.24, 2.45) is 0 Å². The number of pyridine rings is 1. The number of aromatic nitrogens is 1. The van der Waals surface area contributed by atoms with Gasteiger partial charge in [0.15, 0.2) is 0 Å². The van der Waals surface area contributed by atoms with Crippen molar-refractivity contribution in [3.05, 3.63) is 59.9 Å². The number of hydrogen-bond donors (Lipinski definition) is 1.